The highest BCUT2D eigenvalue weighted by Crippen LogP contribution is 2.41. The van der Waals surface area contributed by atoms with Gasteiger partial charge in [-0.05, 0) is 54.2 Å². The number of halogens is 2. The van der Waals surface area contributed by atoms with Crippen molar-refractivity contribution in [3.05, 3.63) is 83.2 Å². The summed E-state index contributed by atoms with van der Waals surface area (Å²) in [5.74, 6) is -0.495. The molecule has 1 atom stereocenters. The maximum Gasteiger partial charge on any atom is 0.125 e. The van der Waals surface area contributed by atoms with Gasteiger partial charge in [0.05, 0.1) is 11.9 Å². The zero-order valence-electron chi connectivity index (χ0n) is 15.5. The standard InChI is InChI=1S/C22H23F2N3/c1-22(2)11-20(25-13-15-5-3-6-16(23)9-15)19-14-26-27(21(19)12-22)18-8-4-7-17(24)10-18/h3-10,14,20,25H,11-13H2,1-2H3. The summed E-state index contributed by atoms with van der Waals surface area (Å²) in [6.07, 6.45) is 3.71. The van der Waals surface area contributed by atoms with Crippen LogP contribution in [-0.4, -0.2) is 9.78 Å². The van der Waals surface area contributed by atoms with E-state index in [2.05, 4.69) is 24.3 Å². The maximum atomic E-state index is 13.7. The Kier molecular flexibility index (Phi) is 4.56. The van der Waals surface area contributed by atoms with Crippen LogP contribution in [0, 0.1) is 17.0 Å². The minimum Gasteiger partial charge on any atom is -0.306 e. The van der Waals surface area contributed by atoms with Crippen LogP contribution < -0.4 is 5.32 Å². The summed E-state index contributed by atoms with van der Waals surface area (Å²) in [7, 11) is 0. The predicted molar refractivity (Wildman–Crippen MR) is 102 cm³/mol. The van der Waals surface area contributed by atoms with Crippen LogP contribution in [0.5, 0.6) is 0 Å². The molecule has 0 aliphatic heterocycles. The number of fused-ring (bicyclic) bond motifs is 1. The van der Waals surface area contributed by atoms with E-state index in [9.17, 15) is 8.78 Å². The van der Waals surface area contributed by atoms with E-state index in [0.29, 0.717) is 6.54 Å². The highest BCUT2D eigenvalue weighted by Gasteiger charge is 2.35. The normalized spacial score (nSPS) is 18.3. The molecule has 0 amide bonds. The van der Waals surface area contributed by atoms with Gasteiger partial charge in [-0.2, -0.15) is 5.10 Å². The lowest BCUT2D eigenvalue weighted by Crippen LogP contribution is -2.33. The van der Waals surface area contributed by atoms with Crippen molar-refractivity contribution in [1.82, 2.24) is 15.1 Å². The molecule has 0 spiro atoms. The number of aromatic nitrogens is 2. The number of nitrogens with one attached hydrogen (secondary N) is 1. The van der Waals surface area contributed by atoms with Gasteiger partial charge < -0.3 is 5.32 Å². The fraction of sp³-hybridized carbons (Fsp3) is 0.318. The summed E-state index contributed by atoms with van der Waals surface area (Å²) >= 11 is 0. The van der Waals surface area contributed by atoms with E-state index in [4.69, 9.17) is 0 Å². The smallest absolute Gasteiger partial charge is 0.125 e. The molecular weight excluding hydrogens is 344 g/mol. The molecule has 0 fully saturated rings. The Morgan fingerprint density at radius 2 is 1.85 bits per heavy atom. The van der Waals surface area contributed by atoms with Gasteiger partial charge in [0.2, 0.25) is 0 Å². The number of hydrogen-bond donors (Lipinski definition) is 1. The van der Waals surface area contributed by atoms with Crippen LogP contribution in [0.15, 0.2) is 54.7 Å². The average molecular weight is 367 g/mol. The number of hydrogen-bond acceptors (Lipinski definition) is 2. The molecule has 1 heterocycles. The highest BCUT2D eigenvalue weighted by atomic mass is 19.1. The molecular formula is C22H23F2N3. The Balaban J connectivity index is 1.64. The van der Waals surface area contributed by atoms with Gasteiger partial charge in [-0.15, -0.1) is 0 Å². The Labute approximate surface area is 158 Å². The molecule has 3 aromatic rings. The van der Waals surface area contributed by atoms with Crippen LogP contribution in [0.3, 0.4) is 0 Å². The van der Waals surface area contributed by atoms with Crippen molar-refractivity contribution in [2.75, 3.05) is 0 Å². The maximum absolute atomic E-state index is 13.7. The average Bonchev–Trinajstić information content (AvgIpc) is 3.02. The van der Waals surface area contributed by atoms with Crippen LogP contribution in [0.1, 0.15) is 43.1 Å². The third kappa shape index (κ3) is 3.78. The third-order valence-electron chi connectivity index (χ3n) is 5.17. The number of nitrogens with zero attached hydrogens (tertiary/aromatic N) is 2. The first-order valence-corrected chi connectivity index (χ1v) is 9.22. The van der Waals surface area contributed by atoms with E-state index in [0.717, 1.165) is 35.3 Å². The molecule has 0 saturated heterocycles. The topological polar surface area (TPSA) is 29.9 Å². The molecule has 1 aromatic heterocycles. The lowest BCUT2D eigenvalue weighted by Gasteiger charge is -2.36. The molecule has 1 N–H and O–H groups in total. The van der Waals surface area contributed by atoms with E-state index >= 15 is 0 Å². The molecule has 27 heavy (non-hydrogen) atoms. The summed E-state index contributed by atoms with van der Waals surface area (Å²) in [5, 5.41) is 8.10. The van der Waals surface area contributed by atoms with Crippen molar-refractivity contribution in [3.63, 3.8) is 0 Å². The molecule has 2 aromatic carbocycles. The molecule has 4 rings (SSSR count). The fourth-order valence-electron chi connectivity index (χ4n) is 3.94. The molecule has 3 nitrogen and oxygen atoms in total. The lowest BCUT2D eigenvalue weighted by molar-refractivity contribution is 0.252. The van der Waals surface area contributed by atoms with Gasteiger partial charge in [0.1, 0.15) is 11.6 Å². The van der Waals surface area contributed by atoms with Crippen LogP contribution in [0.2, 0.25) is 0 Å². The molecule has 0 radical (unpaired) electrons. The van der Waals surface area contributed by atoms with Crippen molar-refractivity contribution in [2.45, 2.75) is 39.3 Å². The van der Waals surface area contributed by atoms with Crippen molar-refractivity contribution >= 4 is 0 Å². The van der Waals surface area contributed by atoms with E-state index in [1.807, 2.05) is 23.0 Å². The Hall–Kier alpha value is -2.53. The van der Waals surface area contributed by atoms with Crippen LogP contribution in [-0.2, 0) is 13.0 Å². The molecule has 0 saturated carbocycles. The van der Waals surface area contributed by atoms with E-state index in [1.54, 1.807) is 18.2 Å². The second kappa shape index (κ2) is 6.89. The van der Waals surface area contributed by atoms with Crippen molar-refractivity contribution < 1.29 is 8.78 Å². The van der Waals surface area contributed by atoms with Gasteiger partial charge in [-0.1, -0.05) is 32.0 Å². The Bertz CT molecular complexity index is 962. The van der Waals surface area contributed by atoms with Crippen LogP contribution in [0.25, 0.3) is 5.69 Å². The van der Waals surface area contributed by atoms with Gasteiger partial charge in [0, 0.05) is 23.8 Å². The van der Waals surface area contributed by atoms with Gasteiger partial charge in [0.25, 0.3) is 0 Å². The van der Waals surface area contributed by atoms with E-state index < -0.39 is 0 Å². The van der Waals surface area contributed by atoms with Crippen molar-refractivity contribution in [2.24, 2.45) is 5.41 Å². The first-order valence-electron chi connectivity index (χ1n) is 9.22. The third-order valence-corrected chi connectivity index (χ3v) is 5.17. The summed E-state index contributed by atoms with van der Waals surface area (Å²) in [6, 6.07) is 13.3. The quantitative estimate of drug-likeness (QED) is 0.707. The highest BCUT2D eigenvalue weighted by molar-refractivity contribution is 5.38. The first kappa shape index (κ1) is 17.9. The molecule has 1 unspecified atom stereocenters. The van der Waals surface area contributed by atoms with Gasteiger partial charge in [0.15, 0.2) is 0 Å². The van der Waals surface area contributed by atoms with E-state index in [1.165, 1.54) is 18.2 Å². The summed E-state index contributed by atoms with van der Waals surface area (Å²) in [4.78, 5) is 0. The SMILES string of the molecule is CC1(C)Cc2c(cnn2-c2cccc(F)c2)C(NCc2cccc(F)c2)C1. The number of rotatable bonds is 4. The Morgan fingerprint density at radius 3 is 2.59 bits per heavy atom. The fourth-order valence-corrected chi connectivity index (χ4v) is 3.94. The molecule has 1 aliphatic carbocycles. The van der Waals surface area contributed by atoms with Crippen LogP contribution in [0.4, 0.5) is 8.78 Å². The van der Waals surface area contributed by atoms with Gasteiger partial charge in [-0.3, -0.25) is 0 Å². The summed E-state index contributed by atoms with van der Waals surface area (Å²) in [6.45, 7) is 5.05. The largest absolute Gasteiger partial charge is 0.306 e. The number of benzene rings is 2. The summed E-state index contributed by atoms with van der Waals surface area (Å²) in [5.41, 5.74) is 3.97. The van der Waals surface area contributed by atoms with Gasteiger partial charge in [-0.25, -0.2) is 13.5 Å². The monoisotopic (exact) mass is 367 g/mol. The molecule has 5 heteroatoms. The van der Waals surface area contributed by atoms with Crippen molar-refractivity contribution in [1.29, 1.82) is 0 Å². The lowest BCUT2D eigenvalue weighted by atomic mass is 9.74. The van der Waals surface area contributed by atoms with E-state index in [-0.39, 0.29) is 23.1 Å². The van der Waals surface area contributed by atoms with Crippen molar-refractivity contribution in [3.8, 4) is 5.69 Å². The minimum absolute atomic E-state index is 0.0811. The zero-order chi connectivity index (χ0) is 19.0. The second-order valence-electron chi connectivity index (χ2n) is 8.05. The minimum atomic E-state index is -0.271. The first-order chi connectivity index (χ1) is 12.9. The van der Waals surface area contributed by atoms with Crippen LogP contribution >= 0.6 is 0 Å². The summed E-state index contributed by atoms with van der Waals surface area (Å²) < 4.78 is 29.0. The molecule has 140 valence electrons. The predicted octanol–water partition coefficient (Wildman–Crippen LogP) is 4.95. The zero-order valence-corrected chi connectivity index (χ0v) is 15.5. The second-order valence-corrected chi connectivity index (χ2v) is 8.05. The Morgan fingerprint density at radius 1 is 1.11 bits per heavy atom. The van der Waals surface area contributed by atoms with Gasteiger partial charge >= 0.3 is 0 Å². The molecule has 0 bridgehead atoms. The molecule has 1 aliphatic rings.